The van der Waals surface area contributed by atoms with Gasteiger partial charge in [0.2, 0.25) is 17.8 Å². The Hall–Kier alpha value is -1.63. The van der Waals surface area contributed by atoms with Gasteiger partial charge in [-0.1, -0.05) is 13.8 Å². The number of nitrogens with two attached hydrogens (primary N) is 1. The van der Waals surface area contributed by atoms with Gasteiger partial charge in [0, 0.05) is 19.6 Å². The van der Waals surface area contributed by atoms with Crippen LogP contribution in [-0.2, 0) is 0 Å². The second-order valence-electron chi connectivity index (χ2n) is 5.68. The summed E-state index contributed by atoms with van der Waals surface area (Å²) in [4.78, 5) is 14.7. The summed E-state index contributed by atoms with van der Waals surface area (Å²) in [5.74, 6) is 1.72. The number of aliphatic hydroxyl groups is 1. The van der Waals surface area contributed by atoms with Gasteiger partial charge < -0.3 is 21.1 Å². The van der Waals surface area contributed by atoms with E-state index in [4.69, 9.17) is 5.73 Å². The van der Waals surface area contributed by atoms with Crippen molar-refractivity contribution in [2.45, 2.75) is 39.2 Å². The molecule has 2 heterocycles. The van der Waals surface area contributed by atoms with Crippen LogP contribution in [0.25, 0.3) is 0 Å². The lowest BCUT2D eigenvalue weighted by Gasteiger charge is -2.17. The minimum Gasteiger partial charge on any atom is -0.391 e. The topological polar surface area (TPSA) is 100 Å². The van der Waals surface area contributed by atoms with Gasteiger partial charge >= 0.3 is 0 Å². The fourth-order valence-corrected chi connectivity index (χ4v) is 2.35. The molecule has 7 nitrogen and oxygen atoms in total. The average Bonchev–Trinajstić information content (AvgIpc) is 2.89. The summed E-state index contributed by atoms with van der Waals surface area (Å²) in [6, 6.07) is 0. The highest BCUT2D eigenvalue weighted by Crippen LogP contribution is 2.17. The quantitative estimate of drug-likeness (QED) is 0.711. The van der Waals surface area contributed by atoms with Crippen LogP contribution in [0, 0.1) is 5.92 Å². The minimum absolute atomic E-state index is 0.211. The largest absolute Gasteiger partial charge is 0.391 e. The lowest BCUT2D eigenvalue weighted by Crippen LogP contribution is -2.25. The molecule has 2 rings (SSSR count). The van der Waals surface area contributed by atoms with Crippen molar-refractivity contribution in [3.8, 4) is 0 Å². The molecule has 0 aromatic carbocycles. The average molecular weight is 280 g/mol. The number of rotatable bonds is 6. The molecule has 0 bridgehead atoms. The molecule has 1 aliphatic heterocycles. The molecule has 0 spiro atoms. The minimum atomic E-state index is -0.414. The third kappa shape index (κ3) is 4.19. The molecular formula is C13H24N6O. The second kappa shape index (κ2) is 6.69. The van der Waals surface area contributed by atoms with Gasteiger partial charge in [-0.05, 0) is 25.2 Å². The Bertz CT molecular complexity index is 433. The van der Waals surface area contributed by atoms with Crippen molar-refractivity contribution >= 4 is 17.8 Å². The molecule has 0 amide bonds. The maximum absolute atomic E-state index is 9.86. The molecule has 1 aromatic heterocycles. The number of hydrogen-bond acceptors (Lipinski definition) is 7. The van der Waals surface area contributed by atoms with Gasteiger partial charge in [-0.25, -0.2) is 0 Å². The molecule has 112 valence electrons. The van der Waals surface area contributed by atoms with Crippen molar-refractivity contribution in [1.82, 2.24) is 15.0 Å². The Morgan fingerprint density at radius 2 is 1.95 bits per heavy atom. The van der Waals surface area contributed by atoms with E-state index in [0.717, 1.165) is 32.4 Å². The van der Waals surface area contributed by atoms with Gasteiger partial charge in [-0.2, -0.15) is 15.0 Å². The maximum Gasteiger partial charge on any atom is 0.231 e. The van der Waals surface area contributed by atoms with Gasteiger partial charge in [0.05, 0.1) is 6.10 Å². The molecule has 1 unspecified atom stereocenters. The van der Waals surface area contributed by atoms with Crippen LogP contribution >= 0.6 is 0 Å². The Morgan fingerprint density at radius 1 is 1.25 bits per heavy atom. The predicted molar refractivity (Wildman–Crippen MR) is 79.6 cm³/mol. The highest BCUT2D eigenvalue weighted by atomic mass is 16.3. The number of hydrogen-bond donors (Lipinski definition) is 3. The molecule has 7 heteroatoms. The number of nitrogens with one attached hydrogen (secondary N) is 1. The first-order valence-electron chi connectivity index (χ1n) is 7.23. The van der Waals surface area contributed by atoms with E-state index < -0.39 is 6.10 Å². The van der Waals surface area contributed by atoms with Crippen molar-refractivity contribution in [2.24, 2.45) is 5.92 Å². The van der Waals surface area contributed by atoms with Gasteiger partial charge in [0.25, 0.3) is 0 Å². The summed E-state index contributed by atoms with van der Waals surface area (Å²) in [7, 11) is 0. The number of anilines is 3. The van der Waals surface area contributed by atoms with Crippen LogP contribution in [0.2, 0.25) is 0 Å². The van der Waals surface area contributed by atoms with Crippen molar-refractivity contribution in [2.75, 3.05) is 35.6 Å². The highest BCUT2D eigenvalue weighted by molar-refractivity contribution is 5.42. The van der Waals surface area contributed by atoms with E-state index in [-0.39, 0.29) is 5.95 Å². The molecule has 1 aromatic rings. The molecule has 20 heavy (non-hydrogen) atoms. The number of aliphatic hydroxyl groups excluding tert-OH is 1. The number of nitrogens with zero attached hydrogens (tertiary/aromatic N) is 4. The zero-order valence-electron chi connectivity index (χ0n) is 12.2. The SMILES string of the molecule is CC(C)CC(O)CNc1nc(N)nc(N2CCCC2)n1. The molecule has 0 aliphatic carbocycles. The van der Waals surface area contributed by atoms with Crippen molar-refractivity contribution in [3.63, 3.8) is 0 Å². The summed E-state index contributed by atoms with van der Waals surface area (Å²) in [6.07, 6.45) is 2.64. The van der Waals surface area contributed by atoms with E-state index in [1.165, 1.54) is 0 Å². The Labute approximate surface area is 119 Å². The molecule has 1 atom stereocenters. The Kier molecular flexibility index (Phi) is 4.94. The zero-order valence-corrected chi connectivity index (χ0v) is 12.2. The molecule has 1 aliphatic rings. The standard InChI is InChI=1S/C13H24N6O/c1-9(2)7-10(20)8-15-12-16-11(14)17-13(18-12)19-5-3-4-6-19/h9-10,20H,3-8H2,1-2H3,(H3,14,15,16,17,18). The van der Waals surface area contributed by atoms with Crippen LogP contribution in [-0.4, -0.2) is 45.8 Å². The summed E-state index contributed by atoms with van der Waals surface area (Å²) in [5.41, 5.74) is 5.72. The van der Waals surface area contributed by atoms with Crippen molar-refractivity contribution in [1.29, 1.82) is 0 Å². The molecule has 0 saturated carbocycles. The summed E-state index contributed by atoms with van der Waals surface area (Å²) in [5, 5.41) is 12.9. The predicted octanol–water partition coefficient (Wildman–Crippen LogP) is 0.873. The van der Waals surface area contributed by atoms with Crippen LogP contribution < -0.4 is 16.0 Å². The van der Waals surface area contributed by atoms with Crippen LogP contribution in [0.4, 0.5) is 17.8 Å². The van der Waals surface area contributed by atoms with Crippen molar-refractivity contribution < 1.29 is 5.11 Å². The van der Waals surface area contributed by atoms with Crippen LogP contribution in [0.3, 0.4) is 0 Å². The summed E-state index contributed by atoms with van der Waals surface area (Å²) in [6.45, 7) is 6.49. The summed E-state index contributed by atoms with van der Waals surface area (Å²) >= 11 is 0. The van der Waals surface area contributed by atoms with E-state index >= 15 is 0 Å². The van der Waals surface area contributed by atoms with Gasteiger partial charge in [-0.3, -0.25) is 0 Å². The van der Waals surface area contributed by atoms with Gasteiger partial charge in [0.1, 0.15) is 0 Å². The Balaban J connectivity index is 1.97. The molecule has 1 fully saturated rings. The fourth-order valence-electron chi connectivity index (χ4n) is 2.35. The normalized spacial score (nSPS) is 16.7. The monoisotopic (exact) mass is 280 g/mol. The zero-order chi connectivity index (χ0) is 14.5. The van der Waals surface area contributed by atoms with E-state index in [9.17, 15) is 5.11 Å². The Morgan fingerprint density at radius 3 is 2.60 bits per heavy atom. The second-order valence-corrected chi connectivity index (χ2v) is 5.68. The van der Waals surface area contributed by atoms with Crippen molar-refractivity contribution in [3.05, 3.63) is 0 Å². The van der Waals surface area contributed by atoms with Gasteiger partial charge in [0.15, 0.2) is 0 Å². The molecule has 4 N–H and O–H groups in total. The van der Waals surface area contributed by atoms with E-state index in [0.29, 0.717) is 24.4 Å². The smallest absolute Gasteiger partial charge is 0.231 e. The first kappa shape index (κ1) is 14.8. The first-order chi connectivity index (χ1) is 9.54. The molecular weight excluding hydrogens is 256 g/mol. The van der Waals surface area contributed by atoms with E-state index in [2.05, 4.69) is 39.0 Å². The molecule has 1 saturated heterocycles. The third-order valence-electron chi connectivity index (χ3n) is 3.27. The lowest BCUT2D eigenvalue weighted by atomic mass is 10.1. The van der Waals surface area contributed by atoms with Crippen LogP contribution in [0.1, 0.15) is 33.1 Å². The fraction of sp³-hybridized carbons (Fsp3) is 0.769. The maximum atomic E-state index is 9.86. The van der Waals surface area contributed by atoms with E-state index in [1.807, 2.05) is 0 Å². The number of aromatic nitrogens is 3. The highest BCUT2D eigenvalue weighted by Gasteiger charge is 2.17. The first-order valence-corrected chi connectivity index (χ1v) is 7.23. The number of nitrogen functional groups attached to an aromatic ring is 1. The van der Waals surface area contributed by atoms with Gasteiger partial charge in [-0.15, -0.1) is 0 Å². The summed E-state index contributed by atoms with van der Waals surface area (Å²) < 4.78 is 0. The molecule has 0 radical (unpaired) electrons. The lowest BCUT2D eigenvalue weighted by molar-refractivity contribution is 0.161. The van der Waals surface area contributed by atoms with Crippen LogP contribution in [0.5, 0.6) is 0 Å². The van der Waals surface area contributed by atoms with E-state index in [1.54, 1.807) is 0 Å². The van der Waals surface area contributed by atoms with Crippen LogP contribution in [0.15, 0.2) is 0 Å². The third-order valence-corrected chi connectivity index (χ3v) is 3.27.